The number of methoxy groups -OCH3 is 1. The number of benzene rings is 2. The summed E-state index contributed by atoms with van der Waals surface area (Å²) in [6.07, 6.45) is 1.67. The molecule has 0 bridgehead atoms. The molecule has 1 aliphatic rings. The van der Waals surface area contributed by atoms with Crippen LogP contribution in [-0.4, -0.2) is 37.0 Å². The van der Waals surface area contributed by atoms with Crippen molar-refractivity contribution in [2.75, 3.05) is 20.3 Å². The minimum Gasteiger partial charge on any atom is -0.489 e. The largest absolute Gasteiger partial charge is 0.489 e. The fourth-order valence-electron chi connectivity index (χ4n) is 3.12. The van der Waals surface area contributed by atoms with Gasteiger partial charge in [0.05, 0.1) is 13.2 Å². The average Bonchev–Trinajstić information content (AvgIpc) is 2.77. The number of ether oxygens (including phenoxy) is 2. The van der Waals surface area contributed by atoms with E-state index in [0.717, 1.165) is 16.0 Å². The van der Waals surface area contributed by atoms with Gasteiger partial charge in [-0.25, -0.2) is 0 Å². The minimum atomic E-state index is -0.595. The van der Waals surface area contributed by atoms with Gasteiger partial charge in [0.1, 0.15) is 24.0 Å². The molecule has 0 N–H and O–H groups in total. The lowest BCUT2D eigenvalue weighted by atomic mass is 9.93. The normalized spacial score (nSPS) is 15.4. The third-order valence-electron chi connectivity index (χ3n) is 4.89. The van der Waals surface area contributed by atoms with Crippen LogP contribution in [0.3, 0.4) is 0 Å². The van der Waals surface area contributed by atoms with E-state index in [2.05, 4.69) is 0 Å². The van der Waals surface area contributed by atoms with Crippen LogP contribution in [0.15, 0.2) is 65.3 Å². The van der Waals surface area contributed by atoms with E-state index in [-0.39, 0.29) is 18.7 Å². The Hall–Kier alpha value is -3.40. The zero-order chi connectivity index (χ0) is 22.4. The zero-order valence-electron chi connectivity index (χ0n) is 17.2. The van der Waals surface area contributed by atoms with Crippen LogP contribution in [0.25, 0.3) is 6.08 Å². The topological polar surface area (TPSA) is 79.6 Å². The molecule has 2 amide bonds. The van der Waals surface area contributed by atoms with Crippen molar-refractivity contribution in [3.05, 3.63) is 81.4 Å². The molecule has 2 aromatic rings. The molecule has 3 rings (SSSR count). The van der Waals surface area contributed by atoms with Gasteiger partial charge in [-0.15, -0.1) is 0 Å². The van der Waals surface area contributed by atoms with Gasteiger partial charge in [0, 0.05) is 23.3 Å². The second kappa shape index (κ2) is 10.1. The van der Waals surface area contributed by atoms with E-state index in [1.165, 1.54) is 7.11 Å². The SMILES string of the molecule is COCCN1C(=O)C(C#N)=C(C)/C(=C\c2ccc(OCc3ccccc3Cl)cc2)C1=O. The van der Waals surface area contributed by atoms with Crippen molar-refractivity contribution in [2.45, 2.75) is 13.5 Å². The molecule has 0 spiro atoms. The average molecular weight is 437 g/mol. The first-order valence-electron chi connectivity index (χ1n) is 9.60. The van der Waals surface area contributed by atoms with Gasteiger partial charge in [-0.1, -0.05) is 41.9 Å². The summed E-state index contributed by atoms with van der Waals surface area (Å²) in [7, 11) is 1.48. The van der Waals surface area contributed by atoms with E-state index in [1.807, 2.05) is 30.3 Å². The van der Waals surface area contributed by atoms with Gasteiger partial charge in [0.25, 0.3) is 11.8 Å². The minimum absolute atomic E-state index is 0.0401. The van der Waals surface area contributed by atoms with Crippen molar-refractivity contribution in [3.8, 4) is 11.8 Å². The van der Waals surface area contributed by atoms with Crippen molar-refractivity contribution < 1.29 is 19.1 Å². The van der Waals surface area contributed by atoms with Crippen LogP contribution in [0.1, 0.15) is 18.1 Å². The summed E-state index contributed by atoms with van der Waals surface area (Å²) >= 11 is 6.15. The lowest BCUT2D eigenvalue weighted by Crippen LogP contribution is -2.44. The molecule has 0 unspecified atom stereocenters. The van der Waals surface area contributed by atoms with Crippen LogP contribution >= 0.6 is 11.6 Å². The summed E-state index contributed by atoms with van der Waals surface area (Å²) in [5, 5.41) is 10.0. The predicted molar refractivity (Wildman–Crippen MR) is 117 cm³/mol. The van der Waals surface area contributed by atoms with Gasteiger partial charge in [-0.3, -0.25) is 14.5 Å². The first kappa shape index (κ1) is 22.3. The molecular formula is C24H21ClN2O4. The van der Waals surface area contributed by atoms with E-state index < -0.39 is 11.8 Å². The Bertz CT molecular complexity index is 1100. The molecule has 0 fully saturated rings. The van der Waals surface area contributed by atoms with E-state index in [4.69, 9.17) is 21.1 Å². The number of rotatable bonds is 7. The van der Waals surface area contributed by atoms with Gasteiger partial charge in [-0.2, -0.15) is 5.26 Å². The Labute approximate surface area is 185 Å². The Morgan fingerprint density at radius 3 is 2.45 bits per heavy atom. The number of amides is 2. The van der Waals surface area contributed by atoms with Gasteiger partial charge >= 0.3 is 0 Å². The molecule has 31 heavy (non-hydrogen) atoms. The number of halogens is 1. The highest BCUT2D eigenvalue weighted by molar-refractivity contribution is 6.31. The maximum atomic E-state index is 12.9. The monoisotopic (exact) mass is 436 g/mol. The summed E-state index contributed by atoms with van der Waals surface area (Å²) in [5.74, 6) is -0.390. The van der Waals surface area contributed by atoms with Crippen LogP contribution in [0, 0.1) is 11.3 Å². The van der Waals surface area contributed by atoms with Crippen LogP contribution in [-0.2, 0) is 20.9 Å². The summed E-state index contributed by atoms with van der Waals surface area (Å²) in [5.41, 5.74) is 2.25. The third kappa shape index (κ3) is 5.02. The van der Waals surface area contributed by atoms with E-state index in [0.29, 0.717) is 28.5 Å². The van der Waals surface area contributed by atoms with Gasteiger partial charge in [0.15, 0.2) is 0 Å². The Kier molecular flexibility index (Phi) is 7.24. The molecule has 0 atom stereocenters. The lowest BCUT2D eigenvalue weighted by Gasteiger charge is -2.27. The maximum absolute atomic E-state index is 12.9. The summed E-state index contributed by atoms with van der Waals surface area (Å²) in [6, 6.07) is 16.6. The number of carbonyl (C=O) groups is 2. The quantitative estimate of drug-likeness (QED) is 0.481. The van der Waals surface area contributed by atoms with Crippen molar-refractivity contribution >= 4 is 29.5 Å². The molecule has 1 heterocycles. The highest BCUT2D eigenvalue weighted by Crippen LogP contribution is 2.27. The van der Waals surface area contributed by atoms with Crippen molar-refractivity contribution in [1.29, 1.82) is 5.26 Å². The highest BCUT2D eigenvalue weighted by Gasteiger charge is 2.35. The molecule has 2 aromatic carbocycles. The second-order valence-corrected chi connectivity index (χ2v) is 7.28. The molecule has 0 aromatic heterocycles. The van der Waals surface area contributed by atoms with Crippen LogP contribution in [0.5, 0.6) is 5.75 Å². The smallest absolute Gasteiger partial charge is 0.271 e. The number of hydrogen-bond acceptors (Lipinski definition) is 5. The highest BCUT2D eigenvalue weighted by atomic mass is 35.5. The van der Waals surface area contributed by atoms with Gasteiger partial charge < -0.3 is 9.47 Å². The lowest BCUT2D eigenvalue weighted by molar-refractivity contribution is -0.141. The zero-order valence-corrected chi connectivity index (χ0v) is 18.0. The van der Waals surface area contributed by atoms with E-state index >= 15 is 0 Å². The van der Waals surface area contributed by atoms with Gasteiger partial charge in [-0.05, 0) is 42.3 Å². The fraction of sp³-hybridized carbons (Fsp3) is 0.208. The Morgan fingerprint density at radius 1 is 1.10 bits per heavy atom. The third-order valence-corrected chi connectivity index (χ3v) is 5.26. The van der Waals surface area contributed by atoms with E-state index in [9.17, 15) is 14.9 Å². The fourth-order valence-corrected chi connectivity index (χ4v) is 3.31. The number of imide groups is 1. The predicted octanol–water partition coefficient (Wildman–Crippen LogP) is 4.16. The summed E-state index contributed by atoms with van der Waals surface area (Å²) in [4.78, 5) is 26.4. The number of nitriles is 1. The van der Waals surface area contributed by atoms with Gasteiger partial charge in [0.2, 0.25) is 0 Å². The van der Waals surface area contributed by atoms with Crippen molar-refractivity contribution in [1.82, 2.24) is 4.90 Å². The molecule has 0 saturated heterocycles. The molecule has 0 radical (unpaired) electrons. The number of nitrogens with zero attached hydrogens (tertiary/aromatic N) is 2. The maximum Gasteiger partial charge on any atom is 0.271 e. The molecule has 0 saturated carbocycles. The Balaban J connectivity index is 1.81. The van der Waals surface area contributed by atoms with E-state index in [1.54, 1.807) is 37.3 Å². The molecule has 7 heteroatoms. The molecule has 158 valence electrons. The van der Waals surface area contributed by atoms with Crippen LogP contribution < -0.4 is 4.74 Å². The second-order valence-electron chi connectivity index (χ2n) is 6.87. The van der Waals surface area contributed by atoms with Crippen LogP contribution in [0.2, 0.25) is 5.02 Å². The number of carbonyl (C=O) groups excluding carboxylic acids is 2. The first-order chi connectivity index (χ1) is 15.0. The summed E-state index contributed by atoms with van der Waals surface area (Å²) < 4.78 is 10.8. The molecule has 1 aliphatic heterocycles. The number of hydrogen-bond donors (Lipinski definition) is 0. The van der Waals surface area contributed by atoms with Crippen molar-refractivity contribution in [2.24, 2.45) is 0 Å². The van der Waals surface area contributed by atoms with Crippen LogP contribution in [0.4, 0.5) is 0 Å². The first-order valence-corrected chi connectivity index (χ1v) is 9.98. The molecule has 0 aliphatic carbocycles. The summed E-state index contributed by atoms with van der Waals surface area (Å²) in [6.45, 7) is 2.22. The Morgan fingerprint density at radius 2 is 1.81 bits per heavy atom. The molecule has 6 nitrogen and oxygen atoms in total. The van der Waals surface area contributed by atoms with Crippen molar-refractivity contribution in [3.63, 3.8) is 0 Å². The standard InChI is InChI=1S/C24H21ClN2O4/c1-16-20(23(28)27(11-12-30-2)24(29)21(16)14-26)13-17-7-9-19(10-8-17)31-15-18-5-3-4-6-22(18)25/h3-10,13H,11-12,15H2,1-2H3/b20-13+. The molecular weight excluding hydrogens is 416 g/mol.